The number of hydrogen-bond acceptors (Lipinski definition) is 7. The minimum absolute atomic E-state index is 0.00692. The molecular formula is C33H38F2N6O4. The van der Waals surface area contributed by atoms with E-state index in [1.54, 1.807) is 30.7 Å². The van der Waals surface area contributed by atoms with E-state index in [-0.39, 0.29) is 11.7 Å². The third-order valence-electron chi connectivity index (χ3n) is 7.65. The van der Waals surface area contributed by atoms with Gasteiger partial charge < -0.3 is 25.0 Å². The van der Waals surface area contributed by atoms with Gasteiger partial charge in [0.25, 0.3) is 5.91 Å². The molecule has 0 unspecified atom stereocenters. The highest BCUT2D eigenvalue weighted by atomic mass is 19.3. The van der Waals surface area contributed by atoms with E-state index in [0.717, 1.165) is 41.8 Å². The summed E-state index contributed by atoms with van der Waals surface area (Å²) >= 11 is 0. The fraction of sp³-hybridized carbons (Fsp3) is 0.394. The van der Waals surface area contributed by atoms with Crippen molar-refractivity contribution in [2.45, 2.75) is 59.2 Å². The number of aromatic nitrogens is 3. The van der Waals surface area contributed by atoms with E-state index in [4.69, 9.17) is 4.74 Å². The summed E-state index contributed by atoms with van der Waals surface area (Å²) in [5, 5.41) is 6.13. The predicted molar refractivity (Wildman–Crippen MR) is 167 cm³/mol. The SMILES string of the molecule is Cc1cc(Nc2nccn3c(-c4ccc(OC(F)F)cc4)cnc23)ccc1C(=O)N1CCC(CCNC(=O)OC(C)(C)C)CC1. The summed E-state index contributed by atoms with van der Waals surface area (Å²) in [5.74, 6) is 1.06. The van der Waals surface area contributed by atoms with Gasteiger partial charge in [0.15, 0.2) is 11.5 Å². The number of halogens is 2. The molecule has 2 aromatic carbocycles. The van der Waals surface area contributed by atoms with E-state index in [0.29, 0.717) is 42.6 Å². The summed E-state index contributed by atoms with van der Waals surface area (Å²) in [6, 6.07) is 12.0. The Balaban J connectivity index is 1.18. The van der Waals surface area contributed by atoms with Crippen LogP contribution < -0.4 is 15.4 Å². The smallest absolute Gasteiger partial charge is 0.407 e. The van der Waals surface area contributed by atoms with Crippen molar-refractivity contribution < 1.29 is 27.8 Å². The van der Waals surface area contributed by atoms with E-state index < -0.39 is 18.3 Å². The molecule has 0 atom stereocenters. The first-order chi connectivity index (χ1) is 21.5. The normalized spacial score (nSPS) is 14.1. The van der Waals surface area contributed by atoms with Gasteiger partial charge in [0.2, 0.25) is 0 Å². The summed E-state index contributed by atoms with van der Waals surface area (Å²) in [6.45, 7) is 6.44. The number of likely N-dealkylation sites (tertiary alicyclic amines) is 1. The number of fused-ring (bicyclic) bond motifs is 1. The molecule has 1 aliphatic heterocycles. The van der Waals surface area contributed by atoms with Gasteiger partial charge >= 0.3 is 12.7 Å². The number of hydrogen-bond donors (Lipinski definition) is 2. The van der Waals surface area contributed by atoms with Gasteiger partial charge in [-0.25, -0.2) is 14.8 Å². The molecule has 2 amide bonds. The van der Waals surface area contributed by atoms with Crippen LogP contribution in [0, 0.1) is 12.8 Å². The molecule has 45 heavy (non-hydrogen) atoms. The lowest BCUT2D eigenvalue weighted by molar-refractivity contribution is -0.0498. The van der Waals surface area contributed by atoms with Crippen LogP contribution in [0.3, 0.4) is 0 Å². The lowest BCUT2D eigenvalue weighted by Crippen LogP contribution is -2.39. The number of carbonyl (C=O) groups is 2. The Hall–Kier alpha value is -4.74. The fourth-order valence-electron chi connectivity index (χ4n) is 5.43. The largest absolute Gasteiger partial charge is 0.444 e. The Morgan fingerprint density at radius 1 is 1.07 bits per heavy atom. The van der Waals surface area contributed by atoms with Gasteiger partial charge in [0, 0.05) is 48.8 Å². The fourth-order valence-corrected chi connectivity index (χ4v) is 5.43. The second-order valence-electron chi connectivity index (χ2n) is 12.1. The molecule has 1 fully saturated rings. The predicted octanol–water partition coefficient (Wildman–Crippen LogP) is 6.82. The van der Waals surface area contributed by atoms with Crippen molar-refractivity contribution in [3.05, 3.63) is 72.2 Å². The Labute approximate surface area is 260 Å². The average molecular weight is 621 g/mol. The van der Waals surface area contributed by atoms with Gasteiger partial charge in [0.1, 0.15) is 11.4 Å². The number of piperidine rings is 1. The first kappa shape index (κ1) is 31.7. The van der Waals surface area contributed by atoms with Gasteiger partial charge in [0.05, 0.1) is 11.9 Å². The molecule has 4 aromatic rings. The summed E-state index contributed by atoms with van der Waals surface area (Å²) in [5.41, 5.74) is 3.86. The van der Waals surface area contributed by atoms with Crippen LogP contribution in [0.5, 0.6) is 5.75 Å². The van der Waals surface area contributed by atoms with Crippen LogP contribution in [0.2, 0.25) is 0 Å². The third-order valence-corrected chi connectivity index (χ3v) is 7.65. The van der Waals surface area contributed by atoms with Crippen molar-refractivity contribution in [1.29, 1.82) is 0 Å². The molecule has 0 radical (unpaired) electrons. The van der Waals surface area contributed by atoms with Crippen molar-refractivity contribution in [2.24, 2.45) is 5.92 Å². The Morgan fingerprint density at radius 2 is 1.80 bits per heavy atom. The molecule has 2 N–H and O–H groups in total. The van der Waals surface area contributed by atoms with Gasteiger partial charge in [-0.3, -0.25) is 9.20 Å². The molecule has 1 aliphatic rings. The highest BCUT2D eigenvalue weighted by Gasteiger charge is 2.25. The topological polar surface area (TPSA) is 110 Å². The number of nitrogens with zero attached hydrogens (tertiary/aromatic N) is 4. The zero-order valence-corrected chi connectivity index (χ0v) is 25.8. The molecule has 0 bridgehead atoms. The van der Waals surface area contributed by atoms with E-state index in [2.05, 4.69) is 25.3 Å². The minimum atomic E-state index is -2.88. The molecule has 5 rings (SSSR count). The number of imidazole rings is 1. The summed E-state index contributed by atoms with van der Waals surface area (Å²) in [6.07, 6.45) is 7.34. The molecule has 0 aliphatic carbocycles. The molecule has 238 valence electrons. The zero-order valence-electron chi connectivity index (χ0n) is 25.8. The van der Waals surface area contributed by atoms with E-state index in [9.17, 15) is 18.4 Å². The third kappa shape index (κ3) is 8.05. The monoisotopic (exact) mass is 620 g/mol. The van der Waals surface area contributed by atoms with Crippen LogP contribution >= 0.6 is 0 Å². The van der Waals surface area contributed by atoms with Crippen LogP contribution in [0.15, 0.2) is 61.1 Å². The lowest BCUT2D eigenvalue weighted by atomic mass is 9.93. The number of benzene rings is 2. The Bertz CT molecular complexity index is 1640. The molecule has 0 saturated carbocycles. The van der Waals surface area contributed by atoms with E-state index in [1.165, 1.54) is 12.1 Å². The molecule has 12 heteroatoms. The van der Waals surface area contributed by atoms with Crippen LogP contribution in [0.25, 0.3) is 16.9 Å². The van der Waals surface area contributed by atoms with E-state index in [1.807, 2.05) is 55.2 Å². The van der Waals surface area contributed by atoms with Crippen molar-refractivity contribution in [1.82, 2.24) is 24.6 Å². The van der Waals surface area contributed by atoms with Gasteiger partial charge in [-0.15, -0.1) is 0 Å². The number of alkyl halides is 2. The van der Waals surface area contributed by atoms with Crippen LogP contribution in [-0.4, -0.2) is 63.1 Å². The summed E-state index contributed by atoms with van der Waals surface area (Å²) in [7, 11) is 0. The maximum Gasteiger partial charge on any atom is 0.407 e. The summed E-state index contributed by atoms with van der Waals surface area (Å²) < 4.78 is 36.6. The molecular weight excluding hydrogens is 582 g/mol. The second kappa shape index (κ2) is 13.5. The number of rotatable bonds is 9. The number of nitrogens with one attached hydrogen (secondary N) is 2. The number of aryl methyl sites for hydroxylation is 1. The second-order valence-corrected chi connectivity index (χ2v) is 12.1. The molecule has 3 heterocycles. The zero-order chi connectivity index (χ0) is 32.1. The van der Waals surface area contributed by atoms with Crippen LogP contribution in [0.1, 0.15) is 56.0 Å². The average Bonchev–Trinajstić information content (AvgIpc) is 3.42. The Morgan fingerprint density at radius 3 is 2.47 bits per heavy atom. The molecule has 2 aromatic heterocycles. The number of ether oxygens (including phenoxy) is 2. The number of alkyl carbamates (subject to hydrolysis) is 1. The van der Waals surface area contributed by atoms with E-state index >= 15 is 0 Å². The molecule has 10 nitrogen and oxygen atoms in total. The van der Waals surface area contributed by atoms with Crippen molar-refractivity contribution in [2.75, 3.05) is 25.0 Å². The number of amides is 2. The van der Waals surface area contributed by atoms with Crippen molar-refractivity contribution in [3.8, 4) is 17.0 Å². The Kier molecular flexibility index (Phi) is 9.50. The first-order valence-corrected chi connectivity index (χ1v) is 15.0. The molecule has 1 saturated heterocycles. The maximum absolute atomic E-state index is 13.4. The standard InChI is InChI=1S/C33H38F2N6O4/c1-21-19-24(7-10-26(21)30(42)40-16-12-22(13-17-40)11-14-37-32(43)45-33(2,3)4)39-28-29-38-20-27(41(29)18-15-36-28)23-5-8-25(9-6-23)44-31(34)35/h5-10,15,18-20,22,31H,11-14,16-17H2,1-4H3,(H,36,39)(H,37,43). The van der Waals surface area contributed by atoms with Crippen molar-refractivity contribution >= 4 is 29.2 Å². The highest BCUT2D eigenvalue weighted by molar-refractivity contribution is 5.96. The van der Waals surface area contributed by atoms with Crippen LogP contribution in [-0.2, 0) is 4.74 Å². The quantitative estimate of drug-likeness (QED) is 0.211. The maximum atomic E-state index is 13.4. The van der Waals surface area contributed by atoms with Crippen molar-refractivity contribution in [3.63, 3.8) is 0 Å². The van der Waals surface area contributed by atoms with Gasteiger partial charge in [-0.2, -0.15) is 8.78 Å². The summed E-state index contributed by atoms with van der Waals surface area (Å²) in [4.78, 5) is 36.2. The lowest BCUT2D eigenvalue weighted by Gasteiger charge is -2.32. The highest BCUT2D eigenvalue weighted by Crippen LogP contribution is 2.28. The van der Waals surface area contributed by atoms with Gasteiger partial charge in [-0.05, 0) is 101 Å². The number of anilines is 2. The number of carbonyl (C=O) groups excluding carboxylic acids is 2. The minimum Gasteiger partial charge on any atom is -0.444 e. The first-order valence-electron chi connectivity index (χ1n) is 15.0. The van der Waals surface area contributed by atoms with Crippen LogP contribution in [0.4, 0.5) is 25.1 Å². The van der Waals surface area contributed by atoms with Gasteiger partial charge in [-0.1, -0.05) is 0 Å². The molecule has 0 spiro atoms.